The Bertz CT molecular complexity index is 828. The fourth-order valence-corrected chi connectivity index (χ4v) is 2.73. The summed E-state index contributed by atoms with van der Waals surface area (Å²) in [7, 11) is 1.59. The van der Waals surface area contributed by atoms with Crippen LogP contribution in [0.1, 0.15) is 10.4 Å². The number of thiazole rings is 1. The molecule has 2 aromatic carbocycles. The molecule has 3 rings (SSSR count). The number of nitrogen functional groups attached to an aromatic ring is 1. The van der Waals surface area contributed by atoms with Gasteiger partial charge in [-0.2, -0.15) is 0 Å². The van der Waals surface area contributed by atoms with Gasteiger partial charge in [-0.1, -0.05) is 18.2 Å². The van der Waals surface area contributed by atoms with Crippen molar-refractivity contribution in [2.24, 2.45) is 0 Å². The van der Waals surface area contributed by atoms with Crippen LogP contribution in [-0.2, 0) is 0 Å². The molecule has 0 aliphatic rings. The normalized spacial score (nSPS) is 10.3. The van der Waals surface area contributed by atoms with E-state index in [0.717, 1.165) is 11.3 Å². The Labute approximate surface area is 137 Å². The number of nitrogens with two attached hydrogens (primary N) is 1. The Hall–Kier alpha value is -2.86. The average molecular weight is 325 g/mol. The van der Waals surface area contributed by atoms with Gasteiger partial charge >= 0.3 is 0 Å². The number of hydrogen-bond donors (Lipinski definition) is 2. The molecule has 0 bridgehead atoms. The molecule has 3 N–H and O–H groups in total. The lowest BCUT2D eigenvalue weighted by atomic mass is 10.1. The van der Waals surface area contributed by atoms with Crippen LogP contribution >= 0.6 is 11.3 Å². The van der Waals surface area contributed by atoms with E-state index in [9.17, 15) is 4.79 Å². The zero-order chi connectivity index (χ0) is 16.2. The SMILES string of the molecule is COc1ccc(C(=O)Nc2ccccc2-c2csc(N)n2)cc1. The summed E-state index contributed by atoms with van der Waals surface area (Å²) in [6.07, 6.45) is 0. The second-order valence-electron chi connectivity index (χ2n) is 4.80. The van der Waals surface area contributed by atoms with Gasteiger partial charge in [-0.3, -0.25) is 4.79 Å². The van der Waals surface area contributed by atoms with E-state index in [1.54, 1.807) is 31.4 Å². The summed E-state index contributed by atoms with van der Waals surface area (Å²) in [5.41, 5.74) is 8.52. The van der Waals surface area contributed by atoms with Gasteiger partial charge in [-0.25, -0.2) is 4.98 Å². The molecule has 0 fully saturated rings. The molecule has 1 aromatic heterocycles. The maximum atomic E-state index is 12.4. The number of para-hydroxylation sites is 1. The highest BCUT2D eigenvalue weighted by Gasteiger charge is 2.12. The summed E-state index contributed by atoms with van der Waals surface area (Å²) in [5, 5.41) is 5.28. The molecule has 3 aromatic rings. The van der Waals surface area contributed by atoms with E-state index >= 15 is 0 Å². The van der Waals surface area contributed by atoms with E-state index in [1.165, 1.54) is 11.3 Å². The van der Waals surface area contributed by atoms with E-state index in [1.807, 2.05) is 29.6 Å². The minimum absolute atomic E-state index is 0.191. The van der Waals surface area contributed by atoms with Crippen LogP contribution in [0.5, 0.6) is 5.75 Å². The lowest BCUT2D eigenvalue weighted by Gasteiger charge is -2.10. The van der Waals surface area contributed by atoms with Crippen molar-refractivity contribution < 1.29 is 9.53 Å². The Morgan fingerprint density at radius 1 is 1.17 bits per heavy atom. The van der Waals surface area contributed by atoms with Gasteiger partial charge in [-0.15, -0.1) is 11.3 Å². The predicted octanol–water partition coefficient (Wildman–Crippen LogP) is 3.65. The van der Waals surface area contributed by atoms with Crippen molar-refractivity contribution in [1.82, 2.24) is 4.98 Å². The Kier molecular flexibility index (Phi) is 4.25. The Balaban J connectivity index is 1.86. The highest BCUT2D eigenvalue weighted by Crippen LogP contribution is 2.30. The molecule has 0 radical (unpaired) electrons. The smallest absolute Gasteiger partial charge is 0.255 e. The minimum Gasteiger partial charge on any atom is -0.497 e. The number of ether oxygens (including phenoxy) is 1. The molecule has 0 aliphatic carbocycles. The number of carbonyl (C=O) groups is 1. The second-order valence-corrected chi connectivity index (χ2v) is 5.69. The number of methoxy groups -OCH3 is 1. The summed E-state index contributed by atoms with van der Waals surface area (Å²) in [6.45, 7) is 0. The number of rotatable bonds is 4. The molecule has 1 heterocycles. The van der Waals surface area contributed by atoms with Crippen LogP contribution in [-0.4, -0.2) is 18.0 Å². The maximum Gasteiger partial charge on any atom is 0.255 e. The number of anilines is 2. The van der Waals surface area contributed by atoms with Gasteiger partial charge in [0.25, 0.3) is 5.91 Å². The highest BCUT2D eigenvalue weighted by molar-refractivity contribution is 7.13. The molecule has 0 unspecified atom stereocenters. The van der Waals surface area contributed by atoms with Gasteiger partial charge in [-0.05, 0) is 30.3 Å². The molecule has 0 saturated carbocycles. The molecular weight excluding hydrogens is 310 g/mol. The van der Waals surface area contributed by atoms with E-state index < -0.39 is 0 Å². The van der Waals surface area contributed by atoms with Crippen LogP contribution in [0.2, 0.25) is 0 Å². The zero-order valence-electron chi connectivity index (χ0n) is 12.4. The van der Waals surface area contributed by atoms with Crippen molar-refractivity contribution >= 4 is 28.1 Å². The van der Waals surface area contributed by atoms with Crippen LogP contribution < -0.4 is 15.8 Å². The standard InChI is InChI=1S/C17H15N3O2S/c1-22-12-8-6-11(7-9-12)16(21)19-14-5-3-2-4-13(14)15-10-23-17(18)20-15/h2-10H,1H3,(H2,18,20)(H,19,21). The minimum atomic E-state index is -0.191. The van der Waals surface area contributed by atoms with Gasteiger partial charge in [0, 0.05) is 16.5 Å². The first-order chi connectivity index (χ1) is 11.2. The van der Waals surface area contributed by atoms with Crippen LogP contribution in [0.4, 0.5) is 10.8 Å². The molecule has 6 heteroatoms. The first kappa shape index (κ1) is 15.1. The van der Waals surface area contributed by atoms with Crippen molar-refractivity contribution in [3.05, 3.63) is 59.5 Å². The van der Waals surface area contributed by atoms with E-state index in [4.69, 9.17) is 10.5 Å². The summed E-state index contributed by atoms with van der Waals surface area (Å²) < 4.78 is 5.10. The van der Waals surface area contributed by atoms with Gasteiger partial charge in [0.05, 0.1) is 18.5 Å². The van der Waals surface area contributed by atoms with Crippen LogP contribution in [0.15, 0.2) is 53.9 Å². The lowest BCUT2D eigenvalue weighted by molar-refractivity contribution is 0.102. The number of aromatic nitrogens is 1. The van der Waals surface area contributed by atoms with Crippen molar-refractivity contribution in [2.75, 3.05) is 18.2 Å². The molecule has 5 nitrogen and oxygen atoms in total. The van der Waals surface area contributed by atoms with E-state index in [-0.39, 0.29) is 5.91 Å². The van der Waals surface area contributed by atoms with Gasteiger partial charge in [0.15, 0.2) is 5.13 Å². The fraction of sp³-hybridized carbons (Fsp3) is 0.0588. The number of nitrogens with one attached hydrogen (secondary N) is 1. The zero-order valence-corrected chi connectivity index (χ0v) is 13.3. The Morgan fingerprint density at radius 2 is 1.91 bits per heavy atom. The van der Waals surface area contributed by atoms with Gasteiger partial charge in [0.2, 0.25) is 0 Å². The van der Waals surface area contributed by atoms with Crippen LogP contribution in [0.25, 0.3) is 11.3 Å². The molecule has 0 saturated heterocycles. The second kappa shape index (κ2) is 6.50. The molecule has 116 valence electrons. The van der Waals surface area contributed by atoms with Gasteiger partial charge in [0.1, 0.15) is 5.75 Å². The lowest BCUT2D eigenvalue weighted by Crippen LogP contribution is -2.12. The first-order valence-electron chi connectivity index (χ1n) is 6.93. The van der Waals surface area contributed by atoms with E-state index in [2.05, 4.69) is 10.3 Å². The molecule has 0 atom stereocenters. The third kappa shape index (κ3) is 3.32. The largest absolute Gasteiger partial charge is 0.497 e. The fourth-order valence-electron chi connectivity index (χ4n) is 2.16. The molecular formula is C17H15N3O2S. The average Bonchev–Trinajstić information content (AvgIpc) is 3.01. The number of hydrogen-bond acceptors (Lipinski definition) is 5. The van der Waals surface area contributed by atoms with Crippen molar-refractivity contribution in [3.8, 4) is 17.0 Å². The molecule has 1 amide bonds. The summed E-state index contributed by atoms with van der Waals surface area (Å²) in [5.74, 6) is 0.517. The summed E-state index contributed by atoms with van der Waals surface area (Å²) >= 11 is 1.37. The summed E-state index contributed by atoms with van der Waals surface area (Å²) in [6, 6.07) is 14.4. The third-order valence-electron chi connectivity index (χ3n) is 3.33. The topological polar surface area (TPSA) is 77.2 Å². The first-order valence-corrected chi connectivity index (χ1v) is 7.81. The van der Waals surface area contributed by atoms with E-state index in [0.29, 0.717) is 22.1 Å². The quantitative estimate of drug-likeness (QED) is 0.767. The number of amides is 1. The molecule has 23 heavy (non-hydrogen) atoms. The van der Waals surface area contributed by atoms with Gasteiger partial charge < -0.3 is 15.8 Å². The maximum absolute atomic E-state index is 12.4. The third-order valence-corrected chi connectivity index (χ3v) is 4.00. The van der Waals surface area contributed by atoms with Crippen molar-refractivity contribution in [1.29, 1.82) is 0 Å². The predicted molar refractivity (Wildman–Crippen MR) is 92.9 cm³/mol. The Morgan fingerprint density at radius 3 is 2.57 bits per heavy atom. The number of carbonyl (C=O) groups excluding carboxylic acids is 1. The van der Waals surface area contributed by atoms with Crippen molar-refractivity contribution in [3.63, 3.8) is 0 Å². The summed E-state index contributed by atoms with van der Waals surface area (Å²) in [4.78, 5) is 16.7. The number of nitrogens with zero attached hydrogens (tertiary/aromatic N) is 1. The highest BCUT2D eigenvalue weighted by atomic mass is 32.1. The monoisotopic (exact) mass is 325 g/mol. The molecule has 0 aliphatic heterocycles. The molecule has 0 spiro atoms. The van der Waals surface area contributed by atoms with Crippen LogP contribution in [0.3, 0.4) is 0 Å². The van der Waals surface area contributed by atoms with Crippen molar-refractivity contribution in [2.45, 2.75) is 0 Å². The van der Waals surface area contributed by atoms with Crippen LogP contribution in [0, 0.1) is 0 Å². The number of benzene rings is 2.